The number of hydrogen-bond acceptors (Lipinski definition) is 3. The molecule has 0 aliphatic carbocycles. The van der Waals surface area contributed by atoms with Crippen LogP contribution in [0.25, 0.3) is 0 Å². The van der Waals surface area contributed by atoms with Gasteiger partial charge >= 0.3 is 6.18 Å². The van der Waals surface area contributed by atoms with Crippen molar-refractivity contribution in [2.75, 3.05) is 39.3 Å². The van der Waals surface area contributed by atoms with E-state index in [9.17, 15) is 18.0 Å². The lowest BCUT2D eigenvalue weighted by Gasteiger charge is -2.38. The SMILES string of the molecule is CC(C)(CN)C(=O)N1CCN(CC(F)(F)F)CC1.Cl.Cl. The highest BCUT2D eigenvalue weighted by Crippen LogP contribution is 2.20. The summed E-state index contributed by atoms with van der Waals surface area (Å²) in [5.74, 6) is -0.0864. The molecule has 9 heteroatoms. The maximum absolute atomic E-state index is 12.2. The molecule has 0 bridgehead atoms. The van der Waals surface area contributed by atoms with Crippen LogP contribution in [0.1, 0.15) is 13.8 Å². The largest absolute Gasteiger partial charge is 0.401 e. The monoisotopic (exact) mass is 339 g/mol. The second-order valence-electron chi connectivity index (χ2n) is 5.27. The predicted octanol–water partition coefficient (Wildman–Crippen LogP) is 1.52. The van der Waals surface area contributed by atoms with Gasteiger partial charge in [-0.1, -0.05) is 0 Å². The molecule has 0 aromatic carbocycles. The van der Waals surface area contributed by atoms with E-state index < -0.39 is 18.1 Å². The van der Waals surface area contributed by atoms with E-state index in [0.29, 0.717) is 13.1 Å². The predicted molar refractivity (Wildman–Crippen MR) is 76.4 cm³/mol. The first-order chi connectivity index (χ1) is 8.15. The van der Waals surface area contributed by atoms with Gasteiger partial charge in [-0.3, -0.25) is 9.69 Å². The molecule has 0 unspecified atom stereocenters. The highest BCUT2D eigenvalue weighted by molar-refractivity contribution is 5.85. The minimum Gasteiger partial charge on any atom is -0.340 e. The van der Waals surface area contributed by atoms with Gasteiger partial charge in [-0.25, -0.2) is 0 Å². The van der Waals surface area contributed by atoms with Crippen molar-refractivity contribution >= 4 is 30.7 Å². The summed E-state index contributed by atoms with van der Waals surface area (Å²) >= 11 is 0. The molecule has 0 saturated carbocycles. The molecule has 1 fully saturated rings. The molecule has 0 aromatic heterocycles. The Morgan fingerprint density at radius 1 is 1.10 bits per heavy atom. The van der Waals surface area contributed by atoms with Gasteiger partial charge in [0.05, 0.1) is 12.0 Å². The number of rotatable bonds is 3. The molecule has 0 spiro atoms. The Kier molecular flexibility index (Phi) is 9.11. The summed E-state index contributed by atoms with van der Waals surface area (Å²) in [5.41, 5.74) is 4.87. The van der Waals surface area contributed by atoms with Gasteiger partial charge in [0, 0.05) is 32.7 Å². The van der Waals surface area contributed by atoms with Crippen LogP contribution in [0, 0.1) is 5.41 Å². The Labute approximate surface area is 129 Å². The molecule has 1 heterocycles. The van der Waals surface area contributed by atoms with Crippen LogP contribution >= 0.6 is 24.8 Å². The standard InChI is InChI=1S/C11H20F3N3O.2ClH/c1-10(2,7-15)9(18)17-5-3-16(4-6-17)8-11(12,13)14;;/h3-8,15H2,1-2H3;2*1H. The van der Waals surface area contributed by atoms with Crippen molar-refractivity contribution in [1.29, 1.82) is 0 Å². The van der Waals surface area contributed by atoms with Crippen molar-refractivity contribution in [3.63, 3.8) is 0 Å². The molecular formula is C11H22Cl2F3N3O. The Balaban J connectivity index is 0. The molecule has 4 nitrogen and oxygen atoms in total. The van der Waals surface area contributed by atoms with E-state index in [1.807, 2.05) is 0 Å². The Morgan fingerprint density at radius 2 is 1.55 bits per heavy atom. The Bertz CT molecular complexity index is 306. The van der Waals surface area contributed by atoms with Gasteiger partial charge < -0.3 is 10.6 Å². The Morgan fingerprint density at radius 3 is 1.90 bits per heavy atom. The summed E-state index contributed by atoms with van der Waals surface area (Å²) in [7, 11) is 0. The maximum Gasteiger partial charge on any atom is 0.401 e. The van der Waals surface area contributed by atoms with Gasteiger partial charge in [-0.05, 0) is 13.8 Å². The summed E-state index contributed by atoms with van der Waals surface area (Å²) in [6.45, 7) is 3.99. The zero-order valence-electron chi connectivity index (χ0n) is 11.6. The van der Waals surface area contributed by atoms with Crippen molar-refractivity contribution in [1.82, 2.24) is 9.80 Å². The van der Waals surface area contributed by atoms with Crippen LogP contribution in [0.2, 0.25) is 0 Å². The molecule has 20 heavy (non-hydrogen) atoms. The second-order valence-corrected chi connectivity index (χ2v) is 5.27. The minimum atomic E-state index is -4.18. The minimum absolute atomic E-state index is 0. The van der Waals surface area contributed by atoms with E-state index in [4.69, 9.17) is 5.73 Å². The van der Waals surface area contributed by atoms with Gasteiger partial charge in [0.15, 0.2) is 0 Å². The lowest BCUT2D eigenvalue weighted by Crippen LogP contribution is -2.54. The van der Waals surface area contributed by atoms with Crippen LogP contribution in [0.3, 0.4) is 0 Å². The van der Waals surface area contributed by atoms with Crippen molar-refractivity contribution in [2.24, 2.45) is 11.1 Å². The summed E-state index contributed by atoms with van der Waals surface area (Å²) in [5, 5.41) is 0. The number of amides is 1. The quantitative estimate of drug-likeness (QED) is 0.848. The lowest BCUT2D eigenvalue weighted by atomic mass is 9.91. The molecule has 1 aliphatic rings. The van der Waals surface area contributed by atoms with Gasteiger partial charge in [-0.2, -0.15) is 13.2 Å². The van der Waals surface area contributed by atoms with Crippen LogP contribution in [0.4, 0.5) is 13.2 Å². The number of carbonyl (C=O) groups is 1. The van der Waals surface area contributed by atoms with Crippen molar-refractivity contribution in [3.8, 4) is 0 Å². The van der Waals surface area contributed by atoms with Crippen LogP contribution in [0.5, 0.6) is 0 Å². The molecule has 1 amide bonds. The molecular weight excluding hydrogens is 318 g/mol. The Hall–Kier alpha value is -0.240. The number of nitrogens with zero attached hydrogens (tertiary/aromatic N) is 2. The first-order valence-corrected chi connectivity index (χ1v) is 5.94. The van der Waals surface area contributed by atoms with Crippen molar-refractivity contribution in [2.45, 2.75) is 20.0 Å². The summed E-state index contributed by atoms with van der Waals surface area (Å²) < 4.78 is 36.6. The summed E-state index contributed by atoms with van der Waals surface area (Å²) in [6, 6.07) is 0. The second kappa shape index (κ2) is 8.26. The zero-order valence-corrected chi connectivity index (χ0v) is 13.2. The fraction of sp³-hybridized carbons (Fsp3) is 0.909. The van der Waals surface area contributed by atoms with Crippen LogP contribution in [0.15, 0.2) is 0 Å². The first kappa shape index (κ1) is 22.0. The molecule has 0 radical (unpaired) electrons. The van der Waals surface area contributed by atoms with Crippen LogP contribution < -0.4 is 5.73 Å². The average Bonchev–Trinajstić information content (AvgIpc) is 2.27. The average molecular weight is 340 g/mol. The molecule has 0 aromatic rings. The number of halogens is 5. The van der Waals surface area contributed by atoms with Crippen LogP contribution in [-0.2, 0) is 4.79 Å². The smallest absolute Gasteiger partial charge is 0.340 e. The third-order valence-electron chi connectivity index (χ3n) is 3.15. The van der Waals surface area contributed by atoms with E-state index in [1.165, 1.54) is 4.90 Å². The lowest BCUT2D eigenvalue weighted by molar-refractivity contribution is -0.154. The highest BCUT2D eigenvalue weighted by Gasteiger charge is 2.35. The molecule has 0 atom stereocenters. The van der Waals surface area contributed by atoms with E-state index in [1.54, 1.807) is 18.7 Å². The number of alkyl halides is 3. The fourth-order valence-electron chi connectivity index (χ4n) is 1.88. The fourth-order valence-corrected chi connectivity index (χ4v) is 1.88. The normalized spacial score (nSPS) is 17.2. The summed E-state index contributed by atoms with van der Waals surface area (Å²) in [4.78, 5) is 15.0. The van der Waals surface area contributed by atoms with E-state index in [-0.39, 0.29) is 50.4 Å². The third kappa shape index (κ3) is 6.47. The van der Waals surface area contributed by atoms with E-state index in [0.717, 1.165) is 0 Å². The zero-order chi connectivity index (χ0) is 14.0. The van der Waals surface area contributed by atoms with Crippen molar-refractivity contribution < 1.29 is 18.0 Å². The first-order valence-electron chi connectivity index (χ1n) is 5.94. The van der Waals surface area contributed by atoms with Gasteiger partial charge in [-0.15, -0.1) is 24.8 Å². The number of piperazine rings is 1. The van der Waals surface area contributed by atoms with E-state index >= 15 is 0 Å². The van der Waals surface area contributed by atoms with Gasteiger partial charge in [0.1, 0.15) is 0 Å². The number of carbonyl (C=O) groups excluding carboxylic acids is 1. The topological polar surface area (TPSA) is 49.6 Å². The molecule has 122 valence electrons. The molecule has 1 aliphatic heterocycles. The highest BCUT2D eigenvalue weighted by atomic mass is 35.5. The molecule has 1 saturated heterocycles. The van der Waals surface area contributed by atoms with Gasteiger partial charge in [0.2, 0.25) is 5.91 Å². The van der Waals surface area contributed by atoms with Crippen LogP contribution in [-0.4, -0.2) is 61.2 Å². The number of hydrogen-bond donors (Lipinski definition) is 1. The summed E-state index contributed by atoms with van der Waals surface area (Å²) in [6.07, 6.45) is -4.18. The molecule has 2 N–H and O–H groups in total. The van der Waals surface area contributed by atoms with E-state index in [2.05, 4.69) is 0 Å². The maximum atomic E-state index is 12.2. The number of nitrogens with two attached hydrogens (primary N) is 1. The third-order valence-corrected chi connectivity index (χ3v) is 3.15. The van der Waals surface area contributed by atoms with Gasteiger partial charge in [0.25, 0.3) is 0 Å². The van der Waals surface area contributed by atoms with Crippen molar-refractivity contribution in [3.05, 3.63) is 0 Å². The molecule has 1 rings (SSSR count).